The average molecular weight is 237 g/mol. The van der Waals surface area contributed by atoms with Crippen molar-refractivity contribution in [1.29, 1.82) is 0 Å². The molecule has 0 aliphatic carbocycles. The monoisotopic (exact) mass is 237 g/mol. The molecule has 1 aromatic rings. The van der Waals surface area contributed by atoms with Crippen LogP contribution in [0.1, 0.15) is 12.0 Å². The summed E-state index contributed by atoms with van der Waals surface area (Å²) < 4.78 is 1.54. The van der Waals surface area contributed by atoms with E-state index in [1.54, 1.807) is 17.9 Å². The summed E-state index contributed by atoms with van der Waals surface area (Å²) in [4.78, 5) is 22.7. The Morgan fingerprint density at radius 1 is 1.76 bits per heavy atom. The van der Waals surface area contributed by atoms with Gasteiger partial charge in [-0.05, 0) is 0 Å². The lowest BCUT2D eigenvalue weighted by atomic mass is 10.1. The summed E-state index contributed by atoms with van der Waals surface area (Å²) in [6.07, 6.45) is 1.88. The van der Waals surface area contributed by atoms with Crippen molar-refractivity contribution in [1.82, 2.24) is 20.4 Å². The third kappa shape index (κ3) is 2.38. The molecule has 0 radical (unpaired) electrons. The summed E-state index contributed by atoms with van der Waals surface area (Å²) in [5.41, 5.74) is 6.52. The number of aryl methyl sites for hydroxylation is 1. The highest BCUT2D eigenvalue weighted by atomic mass is 16.2. The average Bonchev–Trinajstić information content (AvgIpc) is 2.86. The number of hydrogen-bond donors (Lipinski definition) is 3. The first-order valence-electron chi connectivity index (χ1n) is 5.38. The van der Waals surface area contributed by atoms with Crippen molar-refractivity contribution in [3.05, 3.63) is 11.8 Å². The van der Waals surface area contributed by atoms with Gasteiger partial charge in [0.05, 0.1) is 12.1 Å². The van der Waals surface area contributed by atoms with E-state index in [2.05, 4.69) is 15.7 Å². The Hall–Kier alpha value is -2.05. The highest BCUT2D eigenvalue weighted by Crippen LogP contribution is 2.11. The molecule has 0 saturated carbocycles. The number of carbonyl (C=O) groups excluding carboxylic acids is 2. The molecule has 2 heterocycles. The molecule has 7 heteroatoms. The van der Waals surface area contributed by atoms with E-state index in [0.29, 0.717) is 18.9 Å². The quantitative estimate of drug-likeness (QED) is 0.611. The van der Waals surface area contributed by atoms with Crippen molar-refractivity contribution in [2.45, 2.75) is 13.0 Å². The summed E-state index contributed by atoms with van der Waals surface area (Å²) in [5.74, 6) is 0.0453. The Kier molecular flexibility index (Phi) is 2.99. The molecule has 1 aromatic heterocycles. The van der Waals surface area contributed by atoms with Gasteiger partial charge in [0.25, 0.3) is 0 Å². The fourth-order valence-corrected chi connectivity index (χ4v) is 1.75. The molecule has 7 nitrogen and oxygen atoms in total. The molecule has 1 atom stereocenters. The number of aromatic nitrogens is 2. The number of anilines is 1. The molecule has 1 fully saturated rings. The first-order chi connectivity index (χ1) is 8.08. The maximum Gasteiger partial charge on any atom is 0.225 e. The molecule has 0 spiro atoms. The Morgan fingerprint density at radius 2 is 2.53 bits per heavy atom. The molecular formula is C10H15N5O2. The van der Waals surface area contributed by atoms with Crippen LogP contribution in [0.5, 0.6) is 0 Å². The Morgan fingerprint density at radius 3 is 3.06 bits per heavy atom. The van der Waals surface area contributed by atoms with Gasteiger partial charge in [-0.15, -0.1) is 0 Å². The summed E-state index contributed by atoms with van der Waals surface area (Å²) in [6, 6.07) is 0. The van der Waals surface area contributed by atoms with Crippen LogP contribution in [-0.2, 0) is 23.2 Å². The summed E-state index contributed by atoms with van der Waals surface area (Å²) in [5, 5.41) is 9.35. The van der Waals surface area contributed by atoms with Crippen LogP contribution in [0, 0.1) is 5.92 Å². The molecule has 92 valence electrons. The van der Waals surface area contributed by atoms with Crippen molar-refractivity contribution in [2.24, 2.45) is 13.0 Å². The van der Waals surface area contributed by atoms with Crippen LogP contribution in [-0.4, -0.2) is 28.1 Å². The lowest BCUT2D eigenvalue weighted by Gasteiger charge is -2.08. The van der Waals surface area contributed by atoms with Gasteiger partial charge in [-0.25, -0.2) is 0 Å². The number of hydrogen-bond acceptors (Lipinski definition) is 4. The minimum atomic E-state index is -0.277. The third-order valence-electron chi connectivity index (χ3n) is 2.87. The third-order valence-corrected chi connectivity index (χ3v) is 2.87. The topological polar surface area (TPSA) is 102 Å². The van der Waals surface area contributed by atoms with Crippen LogP contribution in [0.25, 0.3) is 0 Å². The molecule has 1 saturated heterocycles. The molecule has 2 amide bonds. The Labute approximate surface area is 98.4 Å². The van der Waals surface area contributed by atoms with Gasteiger partial charge in [0.2, 0.25) is 11.8 Å². The normalized spacial score (nSPS) is 19.1. The zero-order valence-corrected chi connectivity index (χ0v) is 9.56. The van der Waals surface area contributed by atoms with Gasteiger partial charge in [-0.2, -0.15) is 5.10 Å². The van der Waals surface area contributed by atoms with Gasteiger partial charge >= 0.3 is 0 Å². The maximum absolute atomic E-state index is 11.7. The van der Waals surface area contributed by atoms with Gasteiger partial charge in [0, 0.05) is 32.1 Å². The summed E-state index contributed by atoms with van der Waals surface area (Å²) in [6.45, 7) is 0.746. The smallest absolute Gasteiger partial charge is 0.225 e. The highest BCUT2D eigenvalue weighted by molar-refractivity contribution is 5.89. The number of rotatable bonds is 3. The maximum atomic E-state index is 11.7. The number of nitrogens with zero attached hydrogens (tertiary/aromatic N) is 2. The van der Waals surface area contributed by atoms with E-state index in [9.17, 15) is 9.59 Å². The minimum absolute atomic E-state index is 0.0777. The predicted octanol–water partition coefficient (Wildman–Crippen LogP) is -1.25. The van der Waals surface area contributed by atoms with E-state index in [-0.39, 0.29) is 24.2 Å². The SMILES string of the molecule is Cn1ncc(CNC(=O)C2CNC(=O)C2)c1N. The molecular weight excluding hydrogens is 222 g/mol. The van der Waals surface area contributed by atoms with Gasteiger partial charge in [-0.1, -0.05) is 0 Å². The van der Waals surface area contributed by atoms with Crippen LogP contribution >= 0.6 is 0 Å². The minimum Gasteiger partial charge on any atom is -0.384 e. The number of amides is 2. The van der Waals surface area contributed by atoms with Crippen LogP contribution in [0.15, 0.2) is 6.20 Å². The van der Waals surface area contributed by atoms with Crippen LogP contribution < -0.4 is 16.4 Å². The van der Waals surface area contributed by atoms with E-state index in [1.165, 1.54) is 0 Å². The van der Waals surface area contributed by atoms with Gasteiger partial charge in [-0.3, -0.25) is 14.3 Å². The van der Waals surface area contributed by atoms with Crippen LogP contribution in [0.3, 0.4) is 0 Å². The largest absolute Gasteiger partial charge is 0.384 e. The first-order valence-corrected chi connectivity index (χ1v) is 5.38. The molecule has 2 rings (SSSR count). The summed E-state index contributed by atoms with van der Waals surface area (Å²) in [7, 11) is 1.74. The number of nitrogens with two attached hydrogens (primary N) is 1. The zero-order chi connectivity index (χ0) is 12.4. The number of nitrogens with one attached hydrogen (secondary N) is 2. The van der Waals surface area contributed by atoms with Crippen molar-refractivity contribution in [3.8, 4) is 0 Å². The predicted molar refractivity (Wildman–Crippen MR) is 60.6 cm³/mol. The van der Waals surface area contributed by atoms with E-state index < -0.39 is 0 Å². The van der Waals surface area contributed by atoms with Crippen LogP contribution in [0.2, 0.25) is 0 Å². The van der Waals surface area contributed by atoms with Crippen molar-refractivity contribution < 1.29 is 9.59 Å². The van der Waals surface area contributed by atoms with E-state index >= 15 is 0 Å². The second-order valence-electron chi connectivity index (χ2n) is 4.10. The molecule has 17 heavy (non-hydrogen) atoms. The Balaban J connectivity index is 1.88. The molecule has 1 aliphatic heterocycles. The molecule has 1 unspecified atom stereocenters. The van der Waals surface area contributed by atoms with Crippen molar-refractivity contribution in [2.75, 3.05) is 12.3 Å². The number of nitrogen functional groups attached to an aromatic ring is 1. The van der Waals surface area contributed by atoms with Crippen molar-refractivity contribution >= 4 is 17.6 Å². The molecule has 1 aliphatic rings. The first kappa shape index (κ1) is 11.4. The molecule has 4 N–H and O–H groups in total. The Bertz CT molecular complexity index is 454. The van der Waals surface area contributed by atoms with Gasteiger partial charge in [0.1, 0.15) is 5.82 Å². The van der Waals surface area contributed by atoms with E-state index in [4.69, 9.17) is 5.73 Å². The number of carbonyl (C=O) groups is 2. The van der Waals surface area contributed by atoms with Crippen LogP contribution in [0.4, 0.5) is 5.82 Å². The van der Waals surface area contributed by atoms with E-state index in [1.807, 2.05) is 0 Å². The fraction of sp³-hybridized carbons (Fsp3) is 0.500. The lowest BCUT2D eigenvalue weighted by Crippen LogP contribution is -2.31. The van der Waals surface area contributed by atoms with Crippen molar-refractivity contribution in [3.63, 3.8) is 0 Å². The van der Waals surface area contributed by atoms with Gasteiger partial charge in [0.15, 0.2) is 0 Å². The molecule has 0 bridgehead atoms. The fourth-order valence-electron chi connectivity index (χ4n) is 1.75. The second kappa shape index (κ2) is 4.44. The summed E-state index contributed by atoms with van der Waals surface area (Å²) >= 11 is 0. The zero-order valence-electron chi connectivity index (χ0n) is 9.56. The second-order valence-corrected chi connectivity index (χ2v) is 4.10. The standard InChI is InChI=1S/C10H15N5O2/c1-15-9(11)7(5-14-15)4-13-10(17)6-2-8(16)12-3-6/h5-6H,2-4,11H2,1H3,(H,12,16)(H,13,17). The van der Waals surface area contributed by atoms with E-state index in [0.717, 1.165) is 5.56 Å². The highest BCUT2D eigenvalue weighted by Gasteiger charge is 2.27. The molecule has 0 aromatic carbocycles. The van der Waals surface area contributed by atoms with Gasteiger partial charge < -0.3 is 16.4 Å². The lowest BCUT2D eigenvalue weighted by molar-refractivity contribution is -0.126.